The molecule has 5 nitrogen and oxygen atoms in total. The van der Waals surface area contributed by atoms with Crippen molar-refractivity contribution in [1.82, 2.24) is 19.9 Å². The second kappa shape index (κ2) is 12.0. The fraction of sp³-hybridized carbons (Fsp3) is 0. The van der Waals surface area contributed by atoms with Crippen molar-refractivity contribution in [2.45, 2.75) is 0 Å². The van der Waals surface area contributed by atoms with E-state index >= 15 is 0 Å². The van der Waals surface area contributed by atoms with Crippen LogP contribution in [0.2, 0.25) is 0 Å². The standard InChI is InChI=1S/C46H26N4OS2/c1-3-10-28(11-4-1)43-48-44(29-12-5-2-6-13-29)50-45(49-43)30-20-18-27(19-21-30)32-15-9-16-34-40-39(53-42(32)34)25-23-36-41(40)51-46(47-36)31-22-24-38-35(26-31)33-14-7-8-17-37(33)52-38/h1-26H. The normalized spacial score (nSPS) is 11.8. The summed E-state index contributed by atoms with van der Waals surface area (Å²) in [7, 11) is 0. The number of hydrogen-bond acceptors (Lipinski definition) is 7. The third-order valence-corrected chi connectivity index (χ3v) is 12.1. The smallest absolute Gasteiger partial charge is 0.227 e. The predicted molar refractivity (Wildman–Crippen MR) is 220 cm³/mol. The number of benzene rings is 7. The maximum atomic E-state index is 6.64. The lowest BCUT2D eigenvalue weighted by atomic mass is 10.0. The van der Waals surface area contributed by atoms with E-state index in [1.165, 1.54) is 35.1 Å². The van der Waals surface area contributed by atoms with Gasteiger partial charge in [0.05, 0.1) is 0 Å². The monoisotopic (exact) mass is 714 g/mol. The van der Waals surface area contributed by atoms with Gasteiger partial charge in [-0.2, -0.15) is 0 Å². The Morgan fingerprint density at radius 3 is 1.72 bits per heavy atom. The molecule has 0 radical (unpaired) electrons. The van der Waals surface area contributed by atoms with Crippen molar-refractivity contribution >= 4 is 74.1 Å². The minimum absolute atomic E-state index is 0.638. The van der Waals surface area contributed by atoms with Gasteiger partial charge in [0, 0.05) is 62.6 Å². The van der Waals surface area contributed by atoms with Crippen molar-refractivity contribution in [1.29, 1.82) is 0 Å². The Bertz CT molecular complexity index is 3110. The highest BCUT2D eigenvalue weighted by Gasteiger charge is 2.19. The number of hydrogen-bond donors (Lipinski definition) is 0. The SMILES string of the molecule is c1ccc(-c2nc(-c3ccccc3)nc(-c3ccc(-c4cccc5c4sc4ccc6nc(-c7ccc8sc9ccccc9c8c7)oc6c45)cc3)n2)cc1. The largest absolute Gasteiger partial charge is 0.435 e. The Balaban J connectivity index is 0.992. The molecule has 0 atom stereocenters. The molecule has 11 rings (SSSR count). The molecule has 7 heteroatoms. The molecule has 0 bridgehead atoms. The first-order valence-corrected chi connectivity index (χ1v) is 19.0. The van der Waals surface area contributed by atoms with Crippen LogP contribution in [0.3, 0.4) is 0 Å². The van der Waals surface area contributed by atoms with Gasteiger partial charge in [0.25, 0.3) is 0 Å². The molecule has 0 N–H and O–H groups in total. The van der Waals surface area contributed by atoms with Crippen LogP contribution in [0, 0.1) is 0 Å². The van der Waals surface area contributed by atoms with Gasteiger partial charge in [-0.15, -0.1) is 22.7 Å². The molecule has 11 aromatic rings. The van der Waals surface area contributed by atoms with Crippen molar-refractivity contribution in [3.63, 3.8) is 0 Å². The van der Waals surface area contributed by atoms with Crippen LogP contribution in [0.5, 0.6) is 0 Å². The molecule has 0 amide bonds. The second-order valence-electron chi connectivity index (χ2n) is 13.0. The molecule has 0 spiro atoms. The Morgan fingerprint density at radius 2 is 0.981 bits per heavy atom. The highest BCUT2D eigenvalue weighted by atomic mass is 32.1. The van der Waals surface area contributed by atoms with Crippen molar-refractivity contribution in [3.8, 4) is 56.7 Å². The average molecular weight is 715 g/mol. The zero-order valence-electron chi connectivity index (χ0n) is 28.0. The molecule has 0 saturated carbocycles. The van der Waals surface area contributed by atoms with E-state index in [0.717, 1.165) is 49.7 Å². The molecule has 0 aliphatic heterocycles. The van der Waals surface area contributed by atoms with Gasteiger partial charge in [-0.1, -0.05) is 121 Å². The minimum Gasteiger partial charge on any atom is -0.435 e. The first-order valence-electron chi connectivity index (χ1n) is 17.4. The van der Waals surface area contributed by atoms with E-state index in [2.05, 4.69) is 97.1 Å². The van der Waals surface area contributed by atoms with E-state index in [1.807, 2.05) is 72.0 Å². The van der Waals surface area contributed by atoms with Crippen molar-refractivity contribution in [2.24, 2.45) is 0 Å². The Morgan fingerprint density at radius 1 is 0.396 bits per heavy atom. The minimum atomic E-state index is 0.638. The van der Waals surface area contributed by atoms with Gasteiger partial charge >= 0.3 is 0 Å². The summed E-state index contributed by atoms with van der Waals surface area (Å²) in [5, 5.41) is 4.76. The van der Waals surface area contributed by atoms with Gasteiger partial charge in [-0.25, -0.2) is 19.9 Å². The van der Waals surface area contributed by atoms with Gasteiger partial charge in [0.1, 0.15) is 5.52 Å². The van der Waals surface area contributed by atoms with Crippen LogP contribution in [-0.4, -0.2) is 19.9 Å². The third-order valence-electron chi connectivity index (χ3n) is 9.79. The quantitative estimate of drug-likeness (QED) is 0.178. The summed E-state index contributed by atoms with van der Waals surface area (Å²) in [6, 6.07) is 54.5. The summed E-state index contributed by atoms with van der Waals surface area (Å²) in [6.07, 6.45) is 0. The molecule has 0 fully saturated rings. The molecule has 7 aromatic carbocycles. The van der Waals surface area contributed by atoms with Gasteiger partial charge < -0.3 is 4.42 Å². The lowest BCUT2D eigenvalue weighted by molar-refractivity contribution is 0.623. The highest BCUT2D eigenvalue weighted by Crippen LogP contribution is 2.44. The molecule has 4 aromatic heterocycles. The maximum Gasteiger partial charge on any atom is 0.227 e. The van der Waals surface area contributed by atoms with Crippen LogP contribution in [0.1, 0.15) is 0 Å². The van der Waals surface area contributed by atoms with Gasteiger partial charge in [0.15, 0.2) is 23.1 Å². The van der Waals surface area contributed by atoms with E-state index in [-0.39, 0.29) is 0 Å². The molecular formula is C46H26N4OS2. The lowest BCUT2D eigenvalue weighted by Crippen LogP contribution is -2.00. The predicted octanol–water partition coefficient (Wildman–Crippen LogP) is 13.1. The summed E-state index contributed by atoms with van der Waals surface area (Å²) in [4.78, 5) is 19.7. The van der Waals surface area contributed by atoms with Crippen LogP contribution in [0.15, 0.2) is 162 Å². The maximum absolute atomic E-state index is 6.64. The van der Waals surface area contributed by atoms with Crippen molar-refractivity contribution in [2.75, 3.05) is 0 Å². The first kappa shape index (κ1) is 30.1. The van der Waals surface area contributed by atoms with Crippen LogP contribution in [0.4, 0.5) is 0 Å². The second-order valence-corrected chi connectivity index (χ2v) is 15.2. The Hall–Kier alpha value is -6.54. The number of nitrogens with zero attached hydrogens (tertiary/aromatic N) is 4. The highest BCUT2D eigenvalue weighted by molar-refractivity contribution is 7.26. The van der Waals surface area contributed by atoms with Crippen molar-refractivity contribution < 1.29 is 4.42 Å². The summed E-state index contributed by atoms with van der Waals surface area (Å²) < 4.78 is 11.6. The molecular weight excluding hydrogens is 689 g/mol. The topological polar surface area (TPSA) is 64.7 Å². The van der Waals surface area contributed by atoms with Gasteiger partial charge in [0.2, 0.25) is 5.89 Å². The summed E-state index contributed by atoms with van der Waals surface area (Å²) in [6.45, 7) is 0. The first-order chi connectivity index (χ1) is 26.2. The zero-order chi connectivity index (χ0) is 34.9. The van der Waals surface area contributed by atoms with Crippen LogP contribution in [0.25, 0.3) is 108 Å². The van der Waals surface area contributed by atoms with E-state index in [4.69, 9.17) is 24.4 Å². The van der Waals surface area contributed by atoms with Crippen LogP contribution in [-0.2, 0) is 0 Å². The number of thiophene rings is 2. The zero-order valence-corrected chi connectivity index (χ0v) is 29.7. The molecule has 53 heavy (non-hydrogen) atoms. The third kappa shape index (κ3) is 5.04. The van der Waals surface area contributed by atoms with Gasteiger partial charge in [-0.05, 0) is 47.5 Å². The van der Waals surface area contributed by atoms with E-state index in [9.17, 15) is 0 Å². The van der Waals surface area contributed by atoms with E-state index in [1.54, 1.807) is 11.3 Å². The number of oxazole rings is 1. The Labute approximate surface area is 311 Å². The lowest BCUT2D eigenvalue weighted by Gasteiger charge is -2.09. The molecule has 248 valence electrons. The summed E-state index contributed by atoms with van der Waals surface area (Å²) in [5.41, 5.74) is 7.79. The molecule has 4 heterocycles. The fourth-order valence-electron chi connectivity index (χ4n) is 7.21. The average Bonchev–Trinajstić information content (AvgIpc) is 3.94. The fourth-order valence-corrected chi connectivity index (χ4v) is 9.54. The van der Waals surface area contributed by atoms with Gasteiger partial charge in [-0.3, -0.25) is 0 Å². The molecule has 0 unspecified atom stereocenters. The van der Waals surface area contributed by atoms with E-state index in [0.29, 0.717) is 23.4 Å². The summed E-state index contributed by atoms with van der Waals surface area (Å²) >= 11 is 3.60. The van der Waals surface area contributed by atoms with Crippen LogP contribution >= 0.6 is 22.7 Å². The molecule has 0 aliphatic carbocycles. The van der Waals surface area contributed by atoms with E-state index < -0.39 is 0 Å². The Kier molecular flexibility index (Phi) is 6.83. The number of rotatable bonds is 5. The molecule has 0 aliphatic rings. The number of aromatic nitrogens is 4. The summed E-state index contributed by atoms with van der Waals surface area (Å²) in [5.74, 6) is 2.58. The van der Waals surface area contributed by atoms with Crippen molar-refractivity contribution in [3.05, 3.63) is 158 Å². The molecule has 0 saturated heterocycles. The number of fused-ring (bicyclic) bond motifs is 8. The van der Waals surface area contributed by atoms with Crippen LogP contribution < -0.4 is 0 Å².